The predicted molar refractivity (Wildman–Crippen MR) is 92.2 cm³/mol. The molecule has 2 rings (SSSR count). The van der Waals surface area contributed by atoms with Crippen molar-refractivity contribution >= 4 is 17.6 Å². The molecule has 0 radical (unpaired) electrons. The monoisotopic (exact) mass is 317 g/mol. The molecule has 5 heteroatoms. The van der Waals surface area contributed by atoms with Gasteiger partial charge in [-0.25, -0.2) is 4.79 Å². The van der Waals surface area contributed by atoms with Crippen molar-refractivity contribution in [1.82, 2.24) is 10.2 Å². The minimum Gasteiger partial charge on any atom is -0.352 e. The fourth-order valence-electron chi connectivity index (χ4n) is 2.87. The Hall–Kier alpha value is -2.04. The smallest absolute Gasteiger partial charge is 0.321 e. The second-order valence-electron chi connectivity index (χ2n) is 6.06. The van der Waals surface area contributed by atoms with E-state index in [0.29, 0.717) is 6.54 Å². The van der Waals surface area contributed by atoms with E-state index in [4.69, 9.17) is 0 Å². The highest BCUT2D eigenvalue weighted by molar-refractivity contribution is 5.89. The van der Waals surface area contributed by atoms with Crippen LogP contribution >= 0.6 is 0 Å². The highest BCUT2D eigenvalue weighted by Crippen LogP contribution is 2.14. The first-order valence-electron chi connectivity index (χ1n) is 8.56. The van der Waals surface area contributed by atoms with E-state index < -0.39 is 0 Å². The molecular weight excluding hydrogens is 290 g/mol. The van der Waals surface area contributed by atoms with E-state index in [2.05, 4.69) is 10.6 Å². The molecule has 0 bridgehead atoms. The zero-order valence-electron chi connectivity index (χ0n) is 14.1. The molecule has 0 saturated carbocycles. The van der Waals surface area contributed by atoms with Crippen molar-refractivity contribution in [3.05, 3.63) is 29.8 Å². The van der Waals surface area contributed by atoms with Crippen molar-refractivity contribution in [2.24, 2.45) is 5.92 Å². The summed E-state index contributed by atoms with van der Waals surface area (Å²) in [5.74, 6) is 0.176. The van der Waals surface area contributed by atoms with E-state index >= 15 is 0 Å². The largest absolute Gasteiger partial charge is 0.352 e. The summed E-state index contributed by atoms with van der Waals surface area (Å²) in [7, 11) is 0. The normalized spacial score (nSPS) is 14.1. The Kier molecular flexibility index (Phi) is 6.44. The molecule has 3 amide bonds. The molecular formula is C18H27N3O2. The molecule has 1 saturated heterocycles. The third-order valence-electron chi connectivity index (χ3n) is 4.39. The van der Waals surface area contributed by atoms with Crippen LogP contribution in [0.15, 0.2) is 24.3 Å². The van der Waals surface area contributed by atoms with Gasteiger partial charge >= 0.3 is 6.03 Å². The van der Waals surface area contributed by atoms with Gasteiger partial charge in [-0.05, 0) is 43.4 Å². The molecule has 2 N–H and O–H groups in total. The van der Waals surface area contributed by atoms with Crippen molar-refractivity contribution < 1.29 is 9.59 Å². The van der Waals surface area contributed by atoms with Gasteiger partial charge in [0.1, 0.15) is 0 Å². The standard InChI is InChI=1S/C18H27N3O2/c1-3-15(4-2)17(22)19-13-14-8-7-9-16(12-14)20-18(23)21-10-5-6-11-21/h7-9,12,15H,3-6,10-11,13H2,1-2H3,(H,19,22)(H,20,23). The predicted octanol–water partition coefficient (Wildman–Crippen LogP) is 3.37. The molecule has 0 aliphatic carbocycles. The van der Waals surface area contributed by atoms with Gasteiger partial charge in [-0.1, -0.05) is 26.0 Å². The number of nitrogens with zero attached hydrogens (tertiary/aromatic N) is 1. The third kappa shape index (κ3) is 4.98. The number of anilines is 1. The lowest BCUT2D eigenvalue weighted by Gasteiger charge is -2.17. The number of nitrogens with one attached hydrogen (secondary N) is 2. The fourth-order valence-corrected chi connectivity index (χ4v) is 2.87. The maximum Gasteiger partial charge on any atom is 0.321 e. The number of rotatable bonds is 6. The number of carbonyl (C=O) groups is 2. The number of hydrogen-bond donors (Lipinski definition) is 2. The van der Waals surface area contributed by atoms with Gasteiger partial charge in [0, 0.05) is 31.2 Å². The Morgan fingerprint density at radius 2 is 1.87 bits per heavy atom. The molecule has 1 aliphatic heterocycles. The summed E-state index contributed by atoms with van der Waals surface area (Å²) in [4.78, 5) is 26.0. The Balaban J connectivity index is 1.89. The molecule has 0 unspecified atom stereocenters. The maximum atomic E-state index is 12.1. The van der Waals surface area contributed by atoms with Crippen molar-refractivity contribution in [3.8, 4) is 0 Å². The van der Waals surface area contributed by atoms with E-state index in [9.17, 15) is 9.59 Å². The van der Waals surface area contributed by atoms with Crippen LogP contribution in [-0.2, 0) is 11.3 Å². The summed E-state index contributed by atoms with van der Waals surface area (Å²) < 4.78 is 0. The Morgan fingerprint density at radius 3 is 2.52 bits per heavy atom. The quantitative estimate of drug-likeness (QED) is 0.845. The molecule has 126 valence electrons. The van der Waals surface area contributed by atoms with Crippen LogP contribution in [0.2, 0.25) is 0 Å². The van der Waals surface area contributed by atoms with Crippen molar-refractivity contribution in [2.75, 3.05) is 18.4 Å². The highest BCUT2D eigenvalue weighted by atomic mass is 16.2. The lowest BCUT2D eigenvalue weighted by molar-refractivity contribution is -0.125. The summed E-state index contributed by atoms with van der Waals surface area (Å²) in [5.41, 5.74) is 1.76. The van der Waals surface area contributed by atoms with Gasteiger partial charge in [0.2, 0.25) is 5.91 Å². The Morgan fingerprint density at radius 1 is 1.17 bits per heavy atom. The minimum absolute atomic E-state index is 0.0410. The lowest BCUT2D eigenvalue weighted by atomic mass is 10.0. The zero-order valence-corrected chi connectivity index (χ0v) is 14.1. The minimum atomic E-state index is -0.0410. The Labute approximate surface area is 138 Å². The average Bonchev–Trinajstić information content (AvgIpc) is 3.09. The summed E-state index contributed by atoms with van der Waals surface area (Å²) in [6.45, 7) is 6.21. The van der Waals surface area contributed by atoms with Crippen LogP contribution in [0, 0.1) is 5.92 Å². The first-order valence-corrected chi connectivity index (χ1v) is 8.56. The fraction of sp³-hybridized carbons (Fsp3) is 0.556. The molecule has 0 atom stereocenters. The number of likely N-dealkylation sites (tertiary alicyclic amines) is 1. The first-order chi connectivity index (χ1) is 11.1. The van der Waals surface area contributed by atoms with Crippen LogP contribution in [0.5, 0.6) is 0 Å². The van der Waals surface area contributed by atoms with Gasteiger partial charge in [0.25, 0.3) is 0 Å². The van der Waals surface area contributed by atoms with Gasteiger partial charge in [-0.3, -0.25) is 4.79 Å². The van der Waals surface area contributed by atoms with Gasteiger partial charge in [0.15, 0.2) is 0 Å². The molecule has 0 spiro atoms. The van der Waals surface area contributed by atoms with E-state index in [1.807, 2.05) is 43.0 Å². The second kappa shape index (κ2) is 8.56. The van der Waals surface area contributed by atoms with Gasteiger partial charge < -0.3 is 15.5 Å². The lowest BCUT2D eigenvalue weighted by Crippen LogP contribution is -2.32. The SMILES string of the molecule is CCC(CC)C(=O)NCc1cccc(NC(=O)N2CCCC2)c1. The van der Waals surface area contributed by atoms with E-state index in [0.717, 1.165) is 50.0 Å². The first kappa shape index (κ1) is 17.3. The number of amides is 3. The van der Waals surface area contributed by atoms with Crippen LogP contribution in [0.25, 0.3) is 0 Å². The molecule has 1 aromatic rings. The molecule has 5 nitrogen and oxygen atoms in total. The van der Waals surface area contributed by atoms with Gasteiger partial charge in [-0.2, -0.15) is 0 Å². The van der Waals surface area contributed by atoms with Crippen LogP contribution < -0.4 is 10.6 Å². The second-order valence-corrected chi connectivity index (χ2v) is 6.06. The molecule has 23 heavy (non-hydrogen) atoms. The third-order valence-corrected chi connectivity index (χ3v) is 4.39. The van der Waals surface area contributed by atoms with Crippen LogP contribution in [0.3, 0.4) is 0 Å². The van der Waals surface area contributed by atoms with Crippen LogP contribution in [0.4, 0.5) is 10.5 Å². The Bertz CT molecular complexity index is 535. The van der Waals surface area contributed by atoms with Crippen molar-refractivity contribution in [3.63, 3.8) is 0 Å². The highest BCUT2D eigenvalue weighted by Gasteiger charge is 2.18. The van der Waals surface area contributed by atoms with Crippen LogP contribution in [0.1, 0.15) is 45.1 Å². The van der Waals surface area contributed by atoms with Crippen LogP contribution in [-0.4, -0.2) is 29.9 Å². The summed E-state index contributed by atoms with van der Waals surface area (Å²) in [6, 6.07) is 7.61. The zero-order chi connectivity index (χ0) is 16.7. The van der Waals surface area contributed by atoms with Gasteiger partial charge in [0.05, 0.1) is 0 Å². The summed E-state index contributed by atoms with van der Waals surface area (Å²) in [6.07, 6.45) is 3.87. The van der Waals surface area contributed by atoms with E-state index in [1.54, 1.807) is 0 Å². The number of hydrogen-bond acceptors (Lipinski definition) is 2. The molecule has 1 aromatic carbocycles. The van der Waals surface area contributed by atoms with Crippen molar-refractivity contribution in [2.45, 2.75) is 46.1 Å². The number of carbonyl (C=O) groups excluding carboxylic acids is 2. The molecule has 0 aromatic heterocycles. The average molecular weight is 317 g/mol. The number of urea groups is 1. The number of benzene rings is 1. The van der Waals surface area contributed by atoms with E-state index in [1.165, 1.54) is 0 Å². The molecule has 1 heterocycles. The van der Waals surface area contributed by atoms with Gasteiger partial charge in [-0.15, -0.1) is 0 Å². The maximum absolute atomic E-state index is 12.1. The summed E-state index contributed by atoms with van der Waals surface area (Å²) in [5, 5.41) is 5.91. The summed E-state index contributed by atoms with van der Waals surface area (Å²) >= 11 is 0. The van der Waals surface area contributed by atoms with Crippen molar-refractivity contribution in [1.29, 1.82) is 0 Å². The van der Waals surface area contributed by atoms with E-state index in [-0.39, 0.29) is 17.9 Å². The topological polar surface area (TPSA) is 61.4 Å². The molecule has 1 fully saturated rings. The molecule has 1 aliphatic rings.